The molecule has 1 aliphatic carbocycles. The number of fused-ring (bicyclic) bond motifs is 6. The number of carbonyl (C=O) groups is 2. The monoisotopic (exact) mass is 806 g/mol. The van der Waals surface area contributed by atoms with E-state index in [1.165, 1.54) is 0 Å². The molecule has 302 valence electrons. The van der Waals surface area contributed by atoms with Gasteiger partial charge in [0, 0.05) is 91.7 Å². The van der Waals surface area contributed by atoms with Crippen LogP contribution in [0.1, 0.15) is 57.6 Å². The Hall–Kier alpha value is -3.69. The molecule has 14 heteroatoms. The number of allylic oxidation sites excluding steroid dienone is 2. The van der Waals surface area contributed by atoms with Crippen molar-refractivity contribution >= 4 is 44.4 Å². The van der Waals surface area contributed by atoms with E-state index < -0.39 is 28.7 Å². The fourth-order valence-corrected chi connectivity index (χ4v) is 11.6. The standard InChI is InChI=1S/C42H54N4O8S2/c1-5-24(2)39(50)54-41(3)9-8-26-22-55-56-23-33-31(18-44-4)20-46(33)37(49)14-30-19-45-36(43)15-32(30)38(26)42(41)17-29-13-27-12-28(11-25(21-48)7-6-10-47)40(51)52-34(27)16-35(29)53-42/h5,8,12-13,15-16,25,31,33,38,44-45,47-48H,6-7,9-11,14,17-23,43H2,1-4H3. The van der Waals surface area contributed by atoms with Gasteiger partial charge in [-0.1, -0.05) is 39.3 Å². The zero-order valence-corrected chi connectivity index (χ0v) is 34.3. The summed E-state index contributed by atoms with van der Waals surface area (Å²) in [5.74, 6) is 1.94. The first-order chi connectivity index (χ1) is 26.9. The molecule has 5 aliphatic rings. The number of rotatable bonds is 10. The minimum Gasteiger partial charge on any atom is -0.481 e. The van der Waals surface area contributed by atoms with E-state index in [0.717, 1.165) is 40.0 Å². The number of amides is 1. The fourth-order valence-electron chi connectivity index (χ4n) is 9.08. The Morgan fingerprint density at radius 2 is 2.07 bits per heavy atom. The van der Waals surface area contributed by atoms with E-state index in [2.05, 4.69) is 16.7 Å². The Labute approximate surface area is 335 Å². The van der Waals surface area contributed by atoms with Crippen LogP contribution in [0.5, 0.6) is 5.75 Å². The van der Waals surface area contributed by atoms with Crippen LogP contribution in [-0.2, 0) is 27.2 Å². The minimum absolute atomic E-state index is 0.0125. The first-order valence-electron chi connectivity index (χ1n) is 19.6. The molecular formula is C42H54N4O8S2. The van der Waals surface area contributed by atoms with E-state index in [4.69, 9.17) is 19.6 Å². The van der Waals surface area contributed by atoms with Gasteiger partial charge in [-0.2, -0.15) is 0 Å². The molecule has 0 bridgehead atoms. The molecule has 12 nitrogen and oxygen atoms in total. The van der Waals surface area contributed by atoms with Crippen LogP contribution in [0.3, 0.4) is 0 Å². The van der Waals surface area contributed by atoms with Crippen molar-refractivity contribution in [3.05, 3.63) is 86.1 Å². The molecular weight excluding hydrogens is 753 g/mol. The van der Waals surface area contributed by atoms with Crippen molar-refractivity contribution in [1.29, 1.82) is 0 Å². The molecule has 6 atom stereocenters. The second-order valence-corrected chi connectivity index (χ2v) is 18.5. The Balaban J connectivity index is 1.35. The van der Waals surface area contributed by atoms with E-state index in [-0.39, 0.29) is 37.5 Å². The summed E-state index contributed by atoms with van der Waals surface area (Å²) < 4.78 is 19.7. The van der Waals surface area contributed by atoms with Crippen molar-refractivity contribution in [2.75, 3.05) is 51.4 Å². The molecule has 4 aliphatic heterocycles. The quantitative estimate of drug-likeness (QED) is 0.0763. The number of hydrogen-bond acceptors (Lipinski definition) is 13. The smallest absolute Gasteiger partial charge is 0.339 e. The van der Waals surface area contributed by atoms with E-state index in [9.17, 15) is 24.6 Å². The van der Waals surface area contributed by atoms with Gasteiger partial charge in [-0.05, 0) is 87.9 Å². The van der Waals surface area contributed by atoms with Crippen molar-refractivity contribution in [2.24, 2.45) is 23.5 Å². The molecule has 0 saturated carbocycles. The number of nitrogens with zero attached hydrogens (tertiary/aromatic N) is 1. The highest BCUT2D eigenvalue weighted by Crippen LogP contribution is 2.57. The van der Waals surface area contributed by atoms with Crippen LogP contribution >= 0.6 is 21.6 Å². The highest BCUT2D eigenvalue weighted by Gasteiger charge is 2.64. The number of nitrogens with two attached hydrogens (primary N) is 1. The molecule has 1 amide bonds. The van der Waals surface area contributed by atoms with Crippen molar-refractivity contribution < 1.29 is 33.7 Å². The second-order valence-electron chi connectivity index (χ2n) is 16.0. The molecule has 1 aromatic carbocycles. The number of nitrogens with one attached hydrogen (secondary N) is 2. The molecule has 6 unspecified atom stereocenters. The average molecular weight is 807 g/mol. The predicted molar refractivity (Wildman–Crippen MR) is 220 cm³/mol. The predicted octanol–water partition coefficient (Wildman–Crippen LogP) is 4.14. The normalized spacial score (nSPS) is 28.3. The van der Waals surface area contributed by atoms with E-state index in [0.29, 0.717) is 85.2 Å². The fraction of sp³-hybridized carbons (Fsp3) is 0.548. The van der Waals surface area contributed by atoms with E-state index in [1.807, 2.05) is 37.1 Å². The second kappa shape index (κ2) is 16.7. The largest absolute Gasteiger partial charge is 0.481 e. The van der Waals surface area contributed by atoms with E-state index in [1.54, 1.807) is 47.6 Å². The molecule has 1 spiro atoms. The molecule has 56 heavy (non-hydrogen) atoms. The molecule has 1 fully saturated rings. The lowest BCUT2D eigenvalue weighted by Gasteiger charge is -2.53. The van der Waals surface area contributed by atoms with Crippen molar-refractivity contribution in [3.8, 4) is 5.75 Å². The van der Waals surface area contributed by atoms with Crippen molar-refractivity contribution in [2.45, 2.75) is 76.5 Å². The van der Waals surface area contributed by atoms with Gasteiger partial charge >= 0.3 is 11.6 Å². The van der Waals surface area contributed by atoms with Crippen LogP contribution < -0.4 is 26.7 Å². The van der Waals surface area contributed by atoms with Crippen LogP contribution in [0.4, 0.5) is 0 Å². The number of ether oxygens (including phenoxy) is 2. The van der Waals surface area contributed by atoms with Crippen molar-refractivity contribution in [3.63, 3.8) is 0 Å². The lowest BCUT2D eigenvalue weighted by molar-refractivity contribution is -0.186. The molecule has 5 heterocycles. The van der Waals surface area contributed by atoms with Gasteiger partial charge in [-0.3, -0.25) is 4.79 Å². The minimum atomic E-state index is -1.17. The SMILES string of the molecule is CC=C(C)C(=O)OC1(C)CC=C2CSSCC3C(CNC)CN3C(=O)CC3=C(C=C(N)NC3)C2C12Cc1cc3cc(CC(CO)CCCO)c(=O)oc3cc1O2. The van der Waals surface area contributed by atoms with Gasteiger partial charge in [-0.15, -0.1) is 0 Å². The van der Waals surface area contributed by atoms with Crippen LogP contribution in [-0.4, -0.2) is 95.6 Å². The maximum atomic E-state index is 14.1. The van der Waals surface area contributed by atoms with Gasteiger partial charge in [0.1, 0.15) is 11.3 Å². The maximum absolute atomic E-state index is 14.1. The summed E-state index contributed by atoms with van der Waals surface area (Å²) in [6, 6.07) is 5.73. The Bertz CT molecular complexity index is 2060. The number of carbonyl (C=O) groups excluding carboxylic acids is 2. The zero-order chi connectivity index (χ0) is 39.8. The summed E-state index contributed by atoms with van der Waals surface area (Å²) in [5.41, 5.74) is 8.84. The molecule has 2 aromatic rings. The number of aliphatic hydroxyl groups is 2. The summed E-state index contributed by atoms with van der Waals surface area (Å²) in [6.45, 7) is 7.36. The van der Waals surface area contributed by atoms with Crippen LogP contribution in [0.2, 0.25) is 0 Å². The molecule has 6 N–H and O–H groups in total. The average Bonchev–Trinajstić information content (AvgIpc) is 3.54. The molecule has 1 aromatic heterocycles. The summed E-state index contributed by atoms with van der Waals surface area (Å²) in [5, 5.41) is 26.6. The summed E-state index contributed by atoms with van der Waals surface area (Å²) in [7, 11) is 5.50. The molecule has 1 saturated heterocycles. The summed E-state index contributed by atoms with van der Waals surface area (Å²) in [6.07, 6.45) is 8.27. The Kier molecular flexibility index (Phi) is 12.0. The number of benzene rings is 1. The van der Waals surface area contributed by atoms with E-state index >= 15 is 0 Å². The third-order valence-corrected chi connectivity index (χ3v) is 14.8. The zero-order valence-electron chi connectivity index (χ0n) is 32.7. The summed E-state index contributed by atoms with van der Waals surface area (Å²) >= 11 is 0. The lowest BCUT2D eigenvalue weighted by atomic mass is 9.61. The number of aliphatic hydroxyl groups excluding tert-OH is 2. The molecule has 7 rings (SSSR count). The van der Waals surface area contributed by atoms with Gasteiger partial charge in [0.2, 0.25) is 5.91 Å². The van der Waals surface area contributed by atoms with Crippen molar-refractivity contribution in [1.82, 2.24) is 15.5 Å². The first-order valence-corrected chi connectivity index (χ1v) is 22.1. The lowest BCUT2D eigenvalue weighted by Crippen LogP contribution is -2.65. The number of hydrogen-bond donors (Lipinski definition) is 5. The third-order valence-electron chi connectivity index (χ3n) is 12.4. The van der Waals surface area contributed by atoms with Gasteiger partial charge in [-0.25, -0.2) is 9.59 Å². The maximum Gasteiger partial charge on any atom is 0.339 e. The van der Waals surface area contributed by atoms with Gasteiger partial charge in [0.15, 0.2) is 11.2 Å². The Morgan fingerprint density at radius 1 is 1.25 bits per heavy atom. The molecule has 0 radical (unpaired) electrons. The number of dihydropyridines is 1. The number of esters is 1. The Morgan fingerprint density at radius 3 is 2.82 bits per heavy atom. The highest BCUT2D eigenvalue weighted by atomic mass is 33.1. The summed E-state index contributed by atoms with van der Waals surface area (Å²) in [4.78, 5) is 43.2. The highest BCUT2D eigenvalue weighted by molar-refractivity contribution is 8.76. The topological polar surface area (TPSA) is 177 Å². The third kappa shape index (κ3) is 7.55. The first kappa shape index (κ1) is 40.5. The van der Waals surface area contributed by atoms with Gasteiger partial charge in [0.05, 0.1) is 18.2 Å². The van der Waals surface area contributed by atoms with Gasteiger partial charge < -0.3 is 45.4 Å². The van der Waals surface area contributed by atoms with Crippen LogP contribution in [0.25, 0.3) is 11.0 Å². The van der Waals surface area contributed by atoms with Crippen LogP contribution in [0.15, 0.2) is 73.8 Å². The van der Waals surface area contributed by atoms with Crippen LogP contribution in [0, 0.1) is 17.8 Å². The van der Waals surface area contributed by atoms with Gasteiger partial charge in [0.25, 0.3) is 0 Å².